The Morgan fingerprint density at radius 2 is 1.95 bits per heavy atom. The summed E-state index contributed by atoms with van der Waals surface area (Å²) in [5, 5.41) is 11.0. The van der Waals surface area contributed by atoms with Crippen molar-refractivity contribution in [1.82, 2.24) is 5.32 Å². The van der Waals surface area contributed by atoms with Crippen LogP contribution in [0.1, 0.15) is 27.2 Å². The number of carbonyl (C=O) groups excluding carboxylic acids is 2. The van der Waals surface area contributed by atoms with Crippen LogP contribution in [0.5, 0.6) is 0 Å². The summed E-state index contributed by atoms with van der Waals surface area (Å²) in [6, 6.07) is -1.40. The van der Waals surface area contributed by atoms with Gasteiger partial charge >= 0.3 is 18.0 Å². The summed E-state index contributed by atoms with van der Waals surface area (Å²) in [4.78, 5) is 33.6. The SMILES string of the molecule is C=CCOC(=O)N[C@@H](CC(=O)OC(C)(C)C)C(=O)O. The Bertz CT molecular complexity index is 358. The van der Waals surface area contributed by atoms with Crippen molar-refractivity contribution >= 4 is 18.0 Å². The minimum absolute atomic E-state index is 0.0510. The number of hydrogen-bond acceptors (Lipinski definition) is 5. The Morgan fingerprint density at radius 1 is 1.37 bits per heavy atom. The zero-order valence-corrected chi connectivity index (χ0v) is 11.3. The number of alkyl carbamates (subject to hydrolysis) is 1. The fraction of sp³-hybridized carbons (Fsp3) is 0.583. The number of carboxylic acid groups (broad SMARTS) is 1. The van der Waals surface area contributed by atoms with E-state index >= 15 is 0 Å². The Morgan fingerprint density at radius 3 is 2.37 bits per heavy atom. The van der Waals surface area contributed by atoms with E-state index in [-0.39, 0.29) is 6.61 Å². The van der Waals surface area contributed by atoms with Gasteiger partial charge in [0.15, 0.2) is 0 Å². The molecule has 0 heterocycles. The number of carboxylic acids is 1. The molecule has 108 valence electrons. The van der Waals surface area contributed by atoms with Crippen molar-refractivity contribution < 1.29 is 29.0 Å². The van der Waals surface area contributed by atoms with Gasteiger partial charge in [-0.15, -0.1) is 0 Å². The van der Waals surface area contributed by atoms with Gasteiger partial charge in [-0.25, -0.2) is 9.59 Å². The Hall–Kier alpha value is -2.05. The Balaban J connectivity index is 4.42. The molecule has 0 spiro atoms. The second kappa shape index (κ2) is 7.40. The van der Waals surface area contributed by atoms with Crippen LogP contribution >= 0.6 is 0 Å². The van der Waals surface area contributed by atoms with E-state index in [9.17, 15) is 14.4 Å². The molecule has 0 saturated carbocycles. The summed E-state index contributed by atoms with van der Waals surface area (Å²) < 4.78 is 9.54. The van der Waals surface area contributed by atoms with Crippen LogP contribution in [0, 0.1) is 0 Å². The van der Waals surface area contributed by atoms with Crippen LogP contribution in [0.3, 0.4) is 0 Å². The van der Waals surface area contributed by atoms with Gasteiger partial charge in [0, 0.05) is 0 Å². The minimum atomic E-state index is -1.40. The Labute approximate surface area is 111 Å². The van der Waals surface area contributed by atoms with E-state index in [4.69, 9.17) is 9.84 Å². The van der Waals surface area contributed by atoms with E-state index < -0.39 is 36.1 Å². The molecule has 0 radical (unpaired) electrons. The van der Waals surface area contributed by atoms with Crippen LogP contribution in [-0.4, -0.2) is 41.4 Å². The molecule has 19 heavy (non-hydrogen) atoms. The first-order valence-corrected chi connectivity index (χ1v) is 5.64. The molecular weight excluding hydrogens is 254 g/mol. The normalized spacial score (nSPS) is 12.2. The van der Waals surface area contributed by atoms with Crippen molar-refractivity contribution in [3.63, 3.8) is 0 Å². The van der Waals surface area contributed by atoms with E-state index in [1.165, 1.54) is 6.08 Å². The van der Waals surface area contributed by atoms with E-state index in [1.807, 2.05) is 0 Å². The lowest BCUT2D eigenvalue weighted by Gasteiger charge is -2.21. The summed E-state index contributed by atoms with van der Waals surface area (Å²) in [6.45, 7) is 8.27. The molecule has 0 aliphatic heterocycles. The molecule has 0 aliphatic rings. The highest BCUT2D eigenvalue weighted by atomic mass is 16.6. The van der Waals surface area contributed by atoms with Gasteiger partial charge in [0.2, 0.25) is 0 Å². The van der Waals surface area contributed by atoms with Crippen LogP contribution in [0.25, 0.3) is 0 Å². The van der Waals surface area contributed by atoms with Crippen molar-refractivity contribution in [3.05, 3.63) is 12.7 Å². The quantitative estimate of drug-likeness (QED) is 0.554. The molecule has 0 aliphatic carbocycles. The standard InChI is InChI=1S/C12H19NO6/c1-5-6-18-11(17)13-8(10(15)16)7-9(14)19-12(2,3)4/h5,8H,1,6-7H2,2-4H3,(H,13,17)(H,15,16)/t8-/m0/s1. The van der Waals surface area contributed by atoms with Crippen molar-refractivity contribution in [2.45, 2.75) is 38.8 Å². The molecule has 1 amide bonds. The molecule has 0 fully saturated rings. The maximum Gasteiger partial charge on any atom is 0.408 e. The molecule has 0 bridgehead atoms. The second-order valence-corrected chi connectivity index (χ2v) is 4.71. The van der Waals surface area contributed by atoms with Gasteiger partial charge in [0.05, 0.1) is 6.42 Å². The lowest BCUT2D eigenvalue weighted by atomic mass is 10.1. The van der Waals surface area contributed by atoms with Crippen LogP contribution in [-0.2, 0) is 19.1 Å². The predicted molar refractivity (Wildman–Crippen MR) is 66.6 cm³/mol. The van der Waals surface area contributed by atoms with Gasteiger partial charge in [-0.05, 0) is 20.8 Å². The molecule has 0 saturated heterocycles. The smallest absolute Gasteiger partial charge is 0.408 e. The third-order valence-corrected chi connectivity index (χ3v) is 1.71. The molecule has 7 nitrogen and oxygen atoms in total. The molecule has 7 heteroatoms. The topological polar surface area (TPSA) is 102 Å². The van der Waals surface area contributed by atoms with Crippen LogP contribution in [0.4, 0.5) is 4.79 Å². The van der Waals surface area contributed by atoms with Gasteiger partial charge < -0.3 is 19.9 Å². The lowest BCUT2D eigenvalue weighted by molar-refractivity contribution is -0.158. The fourth-order valence-electron chi connectivity index (χ4n) is 1.07. The number of aliphatic carboxylic acids is 1. The molecule has 0 aromatic heterocycles. The first-order valence-electron chi connectivity index (χ1n) is 5.64. The summed E-state index contributed by atoms with van der Waals surface area (Å²) in [7, 11) is 0. The number of rotatable bonds is 6. The minimum Gasteiger partial charge on any atom is -0.480 e. The molecule has 2 N–H and O–H groups in total. The summed E-state index contributed by atoms with van der Waals surface area (Å²) in [5.41, 5.74) is -0.719. The van der Waals surface area contributed by atoms with Gasteiger partial charge in [-0.3, -0.25) is 4.79 Å². The van der Waals surface area contributed by atoms with Crippen LogP contribution in [0.2, 0.25) is 0 Å². The molecular formula is C12H19NO6. The third-order valence-electron chi connectivity index (χ3n) is 1.71. The summed E-state index contributed by atoms with van der Waals surface area (Å²) in [5.74, 6) is -2.06. The zero-order valence-electron chi connectivity index (χ0n) is 11.3. The van der Waals surface area contributed by atoms with Crippen LogP contribution < -0.4 is 5.32 Å². The Kier molecular flexibility index (Phi) is 6.60. The van der Waals surface area contributed by atoms with E-state index in [2.05, 4.69) is 16.6 Å². The largest absolute Gasteiger partial charge is 0.480 e. The molecule has 0 aromatic carbocycles. The average Bonchev–Trinajstić information content (AvgIpc) is 2.22. The summed E-state index contributed by atoms with van der Waals surface area (Å²) in [6.07, 6.45) is -0.0743. The first-order chi connectivity index (χ1) is 8.65. The monoisotopic (exact) mass is 273 g/mol. The number of carbonyl (C=O) groups is 3. The molecule has 0 unspecified atom stereocenters. The maximum absolute atomic E-state index is 11.5. The highest BCUT2D eigenvalue weighted by Crippen LogP contribution is 2.09. The van der Waals surface area contributed by atoms with Crippen molar-refractivity contribution in [3.8, 4) is 0 Å². The fourth-order valence-corrected chi connectivity index (χ4v) is 1.07. The van der Waals surface area contributed by atoms with Gasteiger partial charge in [0.25, 0.3) is 0 Å². The van der Waals surface area contributed by atoms with Gasteiger partial charge in [-0.2, -0.15) is 0 Å². The number of amides is 1. The van der Waals surface area contributed by atoms with Gasteiger partial charge in [-0.1, -0.05) is 12.7 Å². The van der Waals surface area contributed by atoms with Crippen molar-refractivity contribution in [1.29, 1.82) is 0 Å². The number of ether oxygens (including phenoxy) is 2. The van der Waals surface area contributed by atoms with Crippen LogP contribution in [0.15, 0.2) is 12.7 Å². The maximum atomic E-state index is 11.5. The second-order valence-electron chi connectivity index (χ2n) is 4.71. The number of nitrogens with one attached hydrogen (secondary N) is 1. The number of hydrogen-bond donors (Lipinski definition) is 2. The molecule has 0 aromatic rings. The molecule has 0 rings (SSSR count). The highest BCUT2D eigenvalue weighted by molar-refractivity contribution is 5.85. The predicted octanol–water partition coefficient (Wildman–Crippen LogP) is 1.08. The zero-order chi connectivity index (χ0) is 15.1. The van der Waals surface area contributed by atoms with E-state index in [0.29, 0.717) is 0 Å². The lowest BCUT2D eigenvalue weighted by Crippen LogP contribution is -2.43. The molecule has 1 atom stereocenters. The highest BCUT2D eigenvalue weighted by Gasteiger charge is 2.26. The summed E-state index contributed by atoms with van der Waals surface area (Å²) >= 11 is 0. The van der Waals surface area contributed by atoms with Gasteiger partial charge in [0.1, 0.15) is 18.2 Å². The van der Waals surface area contributed by atoms with Crippen molar-refractivity contribution in [2.75, 3.05) is 6.61 Å². The number of esters is 1. The average molecular weight is 273 g/mol. The third kappa shape index (κ3) is 8.64. The first kappa shape index (κ1) is 16.9. The van der Waals surface area contributed by atoms with Crippen molar-refractivity contribution in [2.24, 2.45) is 0 Å². The van der Waals surface area contributed by atoms with E-state index in [0.717, 1.165) is 0 Å². The van der Waals surface area contributed by atoms with E-state index in [1.54, 1.807) is 20.8 Å².